The fourth-order valence-electron chi connectivity index (χ4n) is 2.17. The van der Waals surface area contributed by atoms with E-state index in [-0.39, 0.29) is 11.9 Å². The fraction of sp³-hybridized carbons (Fsp3) is 0.471. The Kier molecular flexibility index (Phi) is 4.08. The highest BCUT2D eigenvalue weighted by Gasteiger charge is 2.16. The van der Waals surface area contributed by atoms with Gasteiger partial charge >= 0.3 is 5.97 Å². The van der Waals surface area contributed by atoms with Crippen LogP contribution in [0, 0.1) is 5.92 Å². The lowest BCUT2D eigenvalue weighted by atomic mass is 9.91. The summed E-state index contributed by atoms with van der Waals surface area (Å²) in [6, 6.07) is 6.57. The molecule has 1 aliphatic rings. The molecule has 1 aliphatic carbocycles. The average Bonchev–Trinajstić information content (AvgIpc) is 2.37. The van der Waals surface area contributed by atoms with Crippen LogP contribution in [-0.2, 0) is 16.0 Å². The highest BCUT2D eigenvalue weighted by Crippen LogP contribution is 2.28. The van der Waals surface area contributed by atoms with Crippen LogP contribution in [0.2, 0.25) is 0 Å². The summed E-state index contributed by atoms with van der Waals surface area (Å²) >= 11 is 0. The lowest BCUT2D eigenvalue weighted by molar-refractivity contribution is -0.143. The van der Waals surface area contributed by atoms with Crippen molar-refractivity contribution in [2.45, 2.75) is 46.5 Å². The van der Waals surface area contributed by atoms with Crippen LogP contribution in [0.4, 0.5) is 0 Å². The standard InChI is InChI=1S/C17H22O2/c1-11(2)13-5-6-15-10-16(8-7-14(15)9-13)19-17(18)12(3)4/h5-6,9-12H,7-8H2,1-4H3. The Morgan fingerprint density at radius 2 is 1.89 bits per heavy atom. The molecule has 0 radical (unpaired) electrons. The molecule has 2 heteroatoms. The maximum atomic E-state index is 11.6. The third-order valence-electron chi connectivity index (χ3n) is 3.49. The minimum absolute atomic E-state index is 0.0781. The van der Waals surface area contributed by atoms with Crippen molar-refractivity contribution < 1.29 is 9.53 Å². The first-order valence-electron chi connectivity index (χ1n) is 7.02. The van der Waals surface area contributed by atoms with E-state index in [9.17, 15) is 4.79 Å². The molecule has 102 valence electrons. The molecule has 0 spiro atoms. The molecule has 0 amide bonds. The van der Waals surface area contributed by atoms with Crippen molar-refractivity contribution >= 4 is 12.0 Å². The van der Waals surface area contributed by atoms with E-state index in [1.165, 1.54) is 16.7 Å². The van der Waals surface area contributed by atoms with E-state index in [0.717, 1.165) is 18.6 Å². The first kappa shape index (κ1) is 13.9. The van der Waals surface area contributed by atoms with E-state index in [4.69, 9.17) is 4.74 Å². The molecule has 0 atom stereocenters. The number of ether oxygens (including phenoxy) is 1. The Balaban J connectivity index is 2.19. The van der Waals surface area contributed by atoms with Gasteiger partial charge in [0.2, 0.25) is 0 Å². The highest BCUT2D eigenvalue weighted by molar-refractivity contribution is 5.74. The topological polar surface area (TPSA) is 26.3 Å². The van der Waals surface area contributed by atoms with Crippen LogP contribution in [0.1, 0.15) is 56.7 Å². The van der Waals surface area contributed by atoms with Gasteiger partial charge in [0, 0.05) is 6.42 Å². The van der Waals surface area contributed by atoms with Crippen LogP contribution >= 0.6 is 0 Å². The summed E-state index contributed by atoms with van der Waals surface area (Å²) < 4.78 is 5.41. The Morgan fingerprint density at radius 3 is 2.53 bits per heavy atom. The Hall–Kier alpha value is -1.57. The van der Waals surface area contributed by atoms with E-state index in [2.05, 4.69) is 32.0 Å². The highest BCUT2D eigenvalue weighted by atomic mass is 16.5. The first-order chi connectivity index (χ1) is 8.97. The summed E-state index contributed by atoms with van der Waals surface area (Å²) in [5, 5.41) is 0. The molecule has 0 N–H and O–H groups in total. The van der Waals surface area contributed by atoms with Crippen LogP contribution < -0.4 is 0 Å². The molecule has 1 aromatic carbocycles. The number of allylic oxidation sites excluding steroid dienone is 1. The molecular formula is C17H22O2. The lowest BCUT2D eigenvalue weighted by Crippen LogP contribution is -2.13. The molecule has 2 rings (SSSR count). The Bertz CT molecular complexity index is 510. The third-order valence-corrected chi connectivity index (χ3v) is 3.49. The average molecular weight is 258 g/mol. The monoisotopic (exact) mass is 258 g/mol. The van der Waals surface area contributed by atoms with Gasteiger partial charge in [-0.25, -0.2) is 0 Å². The molecule has 0 heterocycles. The van der Waals surface area contributed by atoms with Gasteiger partial charge in [0.05, 0.1) is 5.92 Å². The summed E-state index contributed by atoms with van der Waals surface area (Å²) in [5.41, 5.74) is 3.91. The second-order valence-corrected chi connectivity index (χ2v) is 5.80. The molecule has 0 aliphatic heterocycles. The minimum Gasteiger partial charge on any atom is -0.431 e. The van der Waals surface area contributed by atoms with Crippen LogP contribution in [-0.4, -0.2) is 5.97 Å². The normalized spacial score (nSPS) is 14.3. The maximum Gasteiger partial charge on any atom is 0.313 e. The van der Waals surface area contributed by atoms with Crippen LogP contribution in [0.15, 0.2) is 24.0 Å². The smallest absolute Gasteiger partial charge is 0.313 e. The van der Waals surface area contributed by atoms with E-state index < -0.39 is 0 Å². The molecular weight excluding hydrogens is 236 g/mol. The number of fused-ring (bicyclic) bond motifs is 1. The number of hydrogen-bond acceptors (Lipinski definition) is 2. The number of carbonyl (C=O) groups excluding carboxylic acids is 1. The van der Waals surface area contributed by atoms with Crippen molar-refractivity contribution in [2.24, 2.45) is 5.92 Å². The fourth-order valence-corrected chi connectivity index (χ4v) is 2.17. The van der Waals surface area contributed by atoms with Crippen molar-refractivity contribution in [2.75, 3.05) is 0 Å². The van der Waals surface area contributed by atoms with Gasteiger partial charge in [0.25, 0.3) is 0 Å². The molecule has 0 bridgehead atoms. The number of esters is 1. The van der Waals surface area contributed by atoms with E-state index in [1.54, 1.807) is 0 Å². The summed E-state index contributed by atoms with van der Waals surface area (Å²) in [5.74, 6) is 1.12. The number of aryl methyl sites for hydroxylation is 1. The number of carbonyl (C=O) groups is 1. The molecule has 0 saturated heterocycles. The molecule has 0 aromatic heterocycles. The summed E-state index contributed by atoms with van der Waals surface area (Å²) in [7, 11) is 0. The van der Waals surface area contributed by atoms with Crippen molar-refractivity contribution in [3.8, 4) is 0 Å². The van der Waals surface area contributed by atoms with Crippen molar-refractivity contribution in [1.29, 1.82) is 0 Å². The second-order valence-electron chi connectivity index (χ2n) is 5.80. The van der Waals surface area contributed by atoms with Crippen LogP contribution in [0.25, 0.3) is 6.08 Å². The molecule has 0 saturated carbocycles. The Morgan fingerprint density at radius 1 is 1.16 bits per heavy atom. The third kappa shape index (κ3) is 3.25. The Labute approximate surface area is 115 Å². The van der Waals surface area contributed by atoms with E-state index >= 15 is 0 Å². The largest absolute Gasteiger partial charge is 0.431 e. The van der Waals surface area contributed by atoms with Gasteiger partial charge in [0.15, 0.2) is 0 Å². The van der Waals surface area contributed by atoms with E-state index in [0.29, 0.717) is 5.92 Å². The predicted molar refractivity (Wildman–Crippen MR) is 77.8 cm³/mol. The summed E-state index contributed by atoms with van der Waals surface area (Å²) in [6.07, 6.45) is 3.77. The van der Waals surface area contributed by atoms with Crippen LogP contribution in [0.5, 0.6) is 0 Å². The van der Waals surface area contributed by atoms with Crippen molar-refractivity contribution in [3.05, 3.63) is 40.6 Å². The van der Waals surface area contributed by atoms with Gasteiger partial charge in [-0.3, -0.25) is 4.79 Å². The molecule has 0 unspecified atom stereocenters. The molecule has 2 nitrogen and oxygen atoms in total. The predicted octanol–water partition coefficient (Wildman–Crippen LogP) is 4.30. The second kappa shape index (κ2) is 5.60. The van der Waals surface area contributed by atoms with Gasteiger partial charge in [-0.1, -0.05) is 45.9 Å². The van der Waals surface area contributed by atoms with Gasteiger partial charge in [-0.15, -0.1) is 0 Å². The quantitative estimate of drug-likeness (QED) is 0.756. The zero-order valence-electron chi connectivity index (χ0n) is 12.2. The number of benzene rings is 1. The number of rotatable bonds is 3. The zero-order chi connectivity index (χ0) is 14.0. The SMILES string of the molecule is CC(C)C(=O)OC1=Cc2ccc(C(C)C)cc2CC1. The molecule has 1 aromatic rings. The molecule has 0 fully saturated rings. The summed E-state index contributed by atoms with van der Waals surface area (Å²) in [6.45, 7) is 8.12. The van der Waals surface area contributed by atoms with Gasteiger partial charge < -0.3 is 4.74 Å². The first-order valence-corrected chi connectivity index (χ1v) is 7.02. The lowest BCUT2D eigenvalue weighted by Gasteiger charge is -2.18. The number of hydrogen-bond donors (Lipinski definition) is 0. The molecule has 19 heavy (non-hydrogen) atoms. The van der Waals surface area contributed by atoms with Gasteiger partial charge in [-0.2, -0.15) is 0 Å². The van der Waals surface area contributed by atoms with Crippen molar-refractivity contribution in [1.82, 2.24) is 0 Å². The maximum absolute atomic E-state index is 11.6. The van der Waals surface area contributed by atoms with Gasteiger partial charge in [0.1, 0.15) is 5.76 Å². The zero-order valence-corrected chi connectivity index (χ0v) is 12.2. The minimum atomic E-state index is -0.145. The van der Waals surface area contributed by atoms with E-state index in [1.807, 2.05) is 19.9 Å². The van der Waals surface area contributed by atoms with Gasteiger partial charge in [-0.05, 0) is 35.1 Å². The van der Waals surface area contributed by atoms with Crippen molar-refractivity contribution in [3.63, 3.8) is 0 Å². The summed E-state index contributed by atoms with van der Waals surface area (Å²) in [4.78, 5) is 11.6. The van der Waals surface area contributed by atoms with Crippen LogP contribution in [0.3, 0.4) is 0 Å².